The Morgan fingerprint density at radius 2 is 1.67 bits per heavy atom. The minimum atomic E-state index is -1.12. The van der Waals surface area contributed by atoms with E-state index < -0.39 is 4.87 Å². The molecule has 0 bridgehead atoms. The number of fused-ring (bicyclic) bond motifs is 2. The zero-order valence-corrected chi connectivity index (χ0v) is 20.0. The molecule has 7 heteroatoms. The van der Waals surface area contributed by atoms with E-state index in [4.69, 9.17) is 11.6 Å². The number of anilines is 2. The Kier molecular flexibility index (Phi) is 5.38. The molecule has 1 fully saturated rings. The van der Waals surface area contributed by atoms with Gasteiger partial charge in [-0.15, -0.1) is 11.8 Å². The van der Waals surface area contributed by atoms with E-state index in [1.54, 1.807) is 40.9 Å². The van der Waals surface area contributed by atoms with Gasteiger partial charge in [-0.2, -0.15) is 0 Å². The number of hydrogen-bond acceptors (Lipinski definition) is 3. The van der Waals surface area contributed by atoms with E-state index in [0.29, 0.717) is 23.8 Å². The van der Waals surface area contributed by atoms with Gasteiger partial charge in [-0.1, -0.05) is 60.1 Å². The maximum absolute atomic E-state index is 14.2. The van der Waals surface area contributed by atoms with Gasteiger partial charge in [0.05, 0.1) is 12.2 Å². The molecule has 0 aromatic heterocycles. The summed E-state index contributed by atoms with van der Waals surface area (Å²) < 4.78 is -0.303. The first-order valence-electron chi connectivity index (χ1n) is 10.8. The minimum Gasteiger partial charge on any atom is -0.308 e. The molecule has 0 aliphatic carbocycles. The smallest absolute Gasteiger partial charge is 0.308 e. The van der Waals surface area contributed by atoms with Gasteiger partial charge in [-0.25, -0.2) is 4.79 Å². The van der Waals surface area contributed by atoms with Crippen molar-refractivity contribution in [2.75, 3.05) is 16.8 Å². The second-order valence-electron chi connectivity index (χ2n) is 8.92. The molecule has 1 saturated heterocycles. The van der Waals surface area contributed by atoms with Crippen LogP contribution >= 0.6 is 23.4 Å². The summed E-state index contributed by atoms with van der Waals surface area (Å²) in [6.07, 6.45) is 0. The number of halogens is 1. The molecule has 168 valence electrons. The Hall–Kier alpha value is -2.96. The van der Waals surface area contributed by atoms with Crippen molar-refractivity contribution in [2.45, 2.75) is 30.0 Å². The van der Waals surface area contributed by atoms with Gasteiger partial charge in [-0.3, -0.25) is 9.69 Å². The largest absolute Gasteiger partial charge is 0.323 e. The molecule has 2 aliphatic heterocycles. The van der Waals surface area contributed by atoms with E-state index in [1.165, 1.54) is 0 Å². The zero-order valence-electron chi connectivity index (χ0n) is 18.4. The number of amides is 3. The molecule has 0 radical (unpaired) electrons. The summed E-state index contributed by atoms with van der Waals surface area (Å²) in [4.78, 5) is 30.1. The van der Waals surface area contributed by atoms with Crippen molar-refractivity contribution in [1.82, 2.24) is 4.90 Å². The fourth-order valence-corrected chi connectivity index (χ4v) is 6.46. The van der Waals surface area contributed by atoms with Crippen molar-refractivity contribution in [3.05, 3.63) is 95.0 Å². The van der Waals surface area contributed by atoms with Gasteiger partial charge in [0.1, 0.15) is 0 Å². The average molecular weight is 478 g/mol. The first kappa shape index (κ1) is 21.9. The second kappa shape index (κ2) is 8.12. The van der Waals surface area contributed by atoms with E-state index in [2.05, 4.69) is 19.2 Å². The molecule has 1 spiro atoms. The Balaban J connectivity index is 1.55. The van der Waals surface area contributed by atoms with Gasteiger partial charge < -0.3 is 10.2 Å². The molecule has 3 amide bonds. The fourth-order valence-electron chi connectivity index (χ4n) is 4.60. The normalized spacial score (nSPS) is 20.9. The number of para-hydroxylation sites is 1. The monoisotopic (exact) mass is 477 g/mol. The number of carbonyl (C=O) groups is 2. The van der Waals surface area contributed by atoms with Crippen LogP contribution in [0.1, 0.15) is 25.0 Å². The summed E-state index contributed by atoms with van der Waals surface area (Å²) >= 11 is 7.54. The highest BCUT2D eigenvalue weighted by Crippen LogP contribution is 2.59. The summed E-state index contributed by atoms with van der Waals surface area (Å²) in [6.45, 7) is 5.04. The van der Waals surface area contributed by atoms with E-state index >= 15 is 0 Å². The van der Waals surface area contributed by atoms with Crippen LogP contribution in [0.3, 0.4) is 0 Å². The predicted molar refractivity (Wildman–Crippen MR) is 135 cm³/mol. The van der Waals surface area contributed by atoms with E-state index in [0.717, 1.165) is 16.8 Å². The van der Waals surface area contributed by atoms with Crippen LogP contribution in [0.2, 0.25) is 5.02 Å². The quantitative estimate of drug-likeness (QED) is 0.496. The fraction of sp³-hybridized carbons (Fsp3) is 0.231. The lowest BCUT2D eigenvalue weighted by atomic mass is 10.1. The number of nitrogens with zero attached hydrogens (tertiary/aromatic N) is 2. The van der Waals surface area contributed by atoms with Crippen LogP contribution < -0.4 is 10.2 Å². The van der Waals surface area contributed by atoms with Crippen LogP contribution in [-0.2, 0) is 16.2 Å². The van der Waals surface area contributed by atoms with Crippen molar-refractivity contribution in [3.63, 3.8) is 0 Å². The summed E-state index contributed by atoms with van der Waals surface area (Å²) in [7, 11) is 0. The molecule has 3 aromatic carbocycles. The summed E-state index contributed by atoms with van der Waals surface area (Å²) in [6, 6.07) is 24.4. The van der Waals surface area contributed by atoms with Crippen LogP contribution in [0, 0.1) is 0 Å². The van der Waals surface area contributed by atoms with Gasteiger partial charge in [0.2, 0.25) is 0 Å². The van der Waals surface area contributed by atoms with Crippen LogP contribution in [0.4, 0.5) is 16.2 Å². The molecule has 5 nitrogen and oxygen atoms in total. The summed E-state index contributed by atoms with van der Waals surface area (Å²) in [5.74, 6) is -0.0885. The number of benzene rings is 3. The van der Waals surface area contributed by atoms with Crippen molar-refractivity contribution < 1.29 is 9.59 Å². The molecule has 2 aliphatic rings. The first-order chi connectivity index (χ1) is 15.8. The number of nitrogens with one attached hydrogen (secondary N) is 1. The summed E-state index contributed by atoms with van der Waals surface area (Å²) in [5, 5.41) is 3.56. The SMILES string of the molecule is CC1(C)CN(C(=O)Nc2ccc(Cl)cc2)C2(S1)C(=O)N(Cc1ccccc1)c1ccccc12. The van der Waals surface area contributed by atoms with E-state index in [9.17, 15) is 9.59 Å². The maximum atomic E-state index is 14.2. The molecule has 1 atom stereocenters. The topological polar surface area (TPSA) is 52.7 Å². The van der Waals surface area contributed by atoms with Crippen LogP contribution in [-0.4, -0.2) is 28.1 Å². The third kappa shape index (κ3) is 3.77. The first-order valence-corrected chi connectivity index (χ1v) is 12.0. The molecule has 1 N–H and O–H groups in total. The Labute approximate surface area is 202 Å². The third-order valence-corrected chi connectivity index (χ3v) is 7.81. The summed E-state index contributed by atoms with van der Waals surface area (Å²) in [5.41, 5.74) is 3.37. The van der Waals surface area contributed by atoms with E-state index in [1.807, 2.05) is 59.5 Å². The Bertz CT molecular complexity index is 1220. The Morgan fingerprint density at radius 3 is 2.39 bits per heavy atom. The lowest BCUT2D eigenvalue weighted by Gasteiger charge is -2.33. The highest BCUT2D eigenvalue weighted by atomic mass is 35.5. The van der Waals surface area contributed by atoms with Crippen molar-refractivity contribution >= 4 is 46.7 Å². The predicted octanol–water partition coefficient (Wildman–Crippen LogP) is 6.10. The van der Waals surface area contributed by atoms with Crippen molar-refractivity contribution in [2.24, 2.45) is 0 Å². The average Bonchev–Trinajstić information content (AvgIpc) is 3.22. The Morgan fingerprint density at radius 1 is 1.00 bits per heavy atom. The van der Waals surface area contributed by atoms with Gasteiger partial charge in [0.25, 0.3) is 5.91 Å². The molecule has 1 unspecified atom stereocenters. The van der Waals surface area contributed by atoms with Crippen molar-refractivity contribution in [3.8, 4) is 0 Å². The molecule has 33 heavy (non-hydrogen) atoms. The van der Waals surface area contributed by atoms with E-state index in [-0.39, 0.29) is 16.7 Å². The number of hydrogen-bond donors (Lipinski definition) is 1. The minimum absolute atomic E-state index is 0.0885. The van der Waals surface area contributed by atoms with Gasteiger partial charge >= 0.3 is 6.03 Å². The molecule has 0 saturated carbocycles. The number of urea groups is 1. The molecule has 3 aromatic rings. The lowest BCUT2D eigenvalue weighted by molar-refractivity contribution is -0.123. The van der Waals surface area contributed by atoms with Crippen molar-refractivity contribution in [1.29, 1.82) is 0 Å². The van der Waals surface area contributed by atoms with Gasteiger partial charge in [0.15, 0.2) is 4.87 Å². The lowest BCUT2D eigenvalue weighted by Crippen LogP contribution is -2.51. The molecule has 2 heterocycles. The highest BCUT2D eigenvalue weighted by molar-refractivity contribution is 8.02. The third-order valence-electron chi connectivity index (χ3n) is 5.96. The zero-order chi connectivity index (χ0) is 23.2. The number of rotatable bonds is 3. The van der Waals surface area contributed by atoms with Crippen LogP contribution in [0.15, 0.2) is 78.9 Å². The number of carbonyl (C=O) groups excluding carboxylic acids is 2. The molecular weight excluding hydrogens is 454 g/mol. The van der Waals surface area contributed by atoms with Gasteiger partial charge in [0, 0.05) is 27.6 Å². The number of thioether (sulfide) groups is 1. The van der Waals surface area contributed by atoms with Crippen LogP contribution in [0.5, 0.6) is 0 Å². The second-order valence-corrected chi connectivity index (χ2v) is 11.3. The highest BCUT2D eigenvalue weighted by Gasteiger charge is 2.63. The molecule has 5 rings (SSSR count). The maximum Gasteiger partial charge on any atom is 0.323 e. The molecular formula is C26H24ClN3O2S. The van der Waals surface area contributed by atoms with Gasteiger partial charge in [-0.05, 0) is 49.7 Å². The van der Waals surface area contributed by atoms with Crippen LogP contribution in [0.25, 0.3) is 0 Å². The standard InChI is InChI=1S/C26H24ClN3O2S/c1-25(2)17-30(24(32)28-20-14-12-19(27)13-15-20)26(33-25)21-10-6-7-11-22(21)29(23(26)31)16-18-8-4-3-5-9-18/h3-15H,16-17H2,1-2H3,(H,28,32).